The van der Waals surface area contributed by atoms with Crippen molar-refractivity contribution >= 4 is 29.3 Å². The quantitative estimate of drug-likeness (QED) is 0.878. The van der Waals surface area contributed by atoms with Crippen LogP contribution in [0.3, 0.4) is 0 Å². The Balaban J connectivity index is 2.04. The van der Waals surface area contributed by atoms with Gasteiger partial charge in [-0.1, -0.05) is 11.6 Å². The molecule has 0 aliphatic heterocycles. The lowest BCUT2D eigenvalue weighted by molar-refractivity contribution is -0.137. The van der Waals surface area contributed by atoms with Crippen LogP contribution in [0.5, 0.6) is 0 Å². The van der Waals surface area contributed by atoms with Crippen LogP contribution >= 0.6 is 11.6 Å². The van der Waals surface area contributed by atoms with Crippen molar-refractivity contribution in [3.05, 3.63) is 29.0 Å². The smallest absolute Gasteiger partial charge is 0.323 e. The molecule has 1 aromatic rings. The van der Waals surface area contributed by atoms with Crippen LogP contribution in [-0.4, -0.2) is 35.1 Å². The van der Waals surface area contributed by atoms with Crippen LogP contribution in [-0.2, 0) is 4.79 Å². The fourth-order valence-electron chi connectivity index (χ4n) is 1.82. The lowest BCUT2D eigenvalue weighted by Crippen LogP contribution is -2.40. The lowest BCUT2D eigenvalue weighted by atomic mass is 10.3. The molecule has 108 valence electrons. The summed E-state index contributed by atoms with van der Waals surface area (Å²) in [5, 5.41) is 11.4. The summed E-state index contributed by atoms with van der Waals surface area (Å²) < 4.78 is 13.2. The highest BCUT2D eigenvalue weighted by molar-refractivity contribution is 6.30. The van der Waals surface area contributed by atoms with E-state index in [1.807, 2.05) is 0 Å². The van der Waals surface area contributed by atoms with E-state index >= 15 is 0 Å². The van der Waals surface area contributed by atoms with Crippen LogP contribution in [0.1, 0.15) is 12.8 Å². The van der Waals surface area contributed by atoms with E-state index in [0.29, 0.717) is 12.5 Å². The third-order valence-electron chi connectivity index (χ3n) is 2.90. The molecule has 1 fully saturated rings. The molecule has 0 atom stereocenters. The maximum atomic E-state index is 13.2. The Morgan fingerprint density at radius 2 is 2.10 bits per heavy atom. The molecule has 2 amide bonds. The molecule has 0 unspecified atom stereocenters. The molecule has 0 spiro atoms. The highest BCUT2D eigenvalue weighted by Crippen LogP contribution is 2.30. The van der Waals surface area contributed by atoms with Gasteiger partial charge in [-0.25, -0.2) is 9.18 Å². The number of aliphatic carboxylic acids is 1. The van der Waals surface area contributed by atoms with Crippen LogP contribution in [0.15, 0.2) is 18.2 Å². The van der Waals surface area contributed by atoms with Crippen molar-refractivity contribution in [3.63, 3.8) is 0 Å². The summed E-state index contributed by atoms with van der Waals surface area (Å²) in [6.45, 7) is 0.00651. The summed E-state index contributed by atoms with van der Waals surface area (Å²) in [6, 6.07) is 3.08. The molecule has 1 saturated carbocycles. The number of halogens is 2. The summed E-state index contributed by atoms with van der Waals surface area (Å²) in [6.07, 6.45) is 1.99. The number of urea groups is 1. The fraction of sp³-hybridized carbons (Fsp3) is 0.385. The molecule has 1 aliphatic carbocycles. The Labute approximate surface area is 120 Å². The predicted molar refractivity (Wildman–Crippen MR) is 72.4 cm³/mol. The minimum Gasteiger partial charge on any atom is -0.480 e. The SMILES string of the molecule is O=C(O)CN(CC1CC1)C(=O)Nc1cc(F)cc(Cl)c1. The van der Waals surface area contributed by atoms with E-state index in [1.54, 1.807) is 0 Å². The number of nitrogens with zero attached hydrogens (tertiary/aromatic N) is 1. The molecule has 1 aromatic carbocycles. The first-order valence-corrected chi connectivity index (χ1v) is 6.55. The number of carboxylic acids is 1. The number of carbonyl (C=O) groups excluding carboxylic acids is 1. The van der Waals surface area contributed by atoms with Gasteiger partial charge in [-0.05, 0) is 37.0 Å². The van der Waals surface area contributed by atoms with Gasteiger partial charge in [0.25, 0.3) is 0 Å². The average Bonchev–Trinajstić information content (AvgIpc) is 3.09. The second-order valence-corrected chi connectivity index (χ2v) is 5.24. The van der Waals surface area contributed by atoms with Crippen molar-refractivity contribution in [2.75, 3.05) is 18.4 Å². The van der Waals surface area contributed by atoms with E-state index in [2.05, 4.69) is 5.32 Å². The summed E-state index contributed by atoms with van der Waals surface area (Å²) in [5.41, 5.74) is 0.200. The third kappa shape index (κ3) is 4.38. The Morgan fingerprint density at radius 1 is 1.40 bits per heavy atom. The largest absolute Gasteiger partial charge is 0.480 e. The standard InChI is InChI=1S/C13H14ClFN2O3/c14-9-3-10(15)5-11(4-9)16-13(20)17(7-12(18)19)6-8-1-2-8/h3-5,8H,1-2,6-7H2,(H,16,20)(H,18,19). The number of hydrogen-bond acceptors (Lipinski definition) is 2. The van der Waals surface area contributed by atoms with Gasteiger partial charge in [0.2, 0.25) is 0 Å². The first-order chi connectivity index (χ1) is 9.44. The Morgan fingerprint density at radius 3 is 2.65 bits per heavy atom. The maximum Gasteiger partial charge on any atom is 0.323 e. The maximum absolute atomic E-state index is 13.2. The van der Waals surface area contributed by atoms with Gasteiger partial charge in [0.15, 0.2) is 0 Å². The van der Waals surface area contributed by atoms with Crippen molar-refractivity contribution in [1.29, 1.82) is 0 Å². The molecular weight excluding hydrogens is 287 g/mol. The molecule has 20 heavy (non-hydrogen) atoms. The van der Waals surface area contributed by atoms with Gasteiger partial charge in [-0.2, -0.15) is 0 Å². The number of hydrogen-bond donors (Lipinski definition) is 2. The number of rotatable bonds is 5. The molecule has 0 heterocycles. The van der Waals surface area contributed by atoms with Crippen molar-refractivity contribution in [2.45, 2.75) is 12.8 Å². The van der Waals surface area contributed by atoms with Crippen LogP contribution < -0.4 is 5.32 Å². The van der Waals surface area contributed by atoms with Gasteiger partial charge < -0.3 is 15.3 Å². The van der Waals surface area contributed by atoms with Gasteiger partial charge in [-0.3, -0.25) is 4.79 Å². The number of anilines is 1. The minimum absolute atomic E-state index is 0.160. The molecule has 7 heteroatoms. The molecule has 0 aromatic heterocycles. The van der Waals surface area contributed by atoms with Crippen molar-refractivity contribution < 1.29 is 19.1 Å². The summed E-state index contributed by atoms with van der Waals surface area (Å²) >= 11 is 5.69. The number of carboxylic acid groups (broad SMARTS) is 1. The zero-order valence-corrected chi connectivity index (χ0v) is 11.4. The highest BCUT2D eigenvalue weighted by atomic mass is 35.5. The lowest BCUT2D eigenvalue weighted by Gasteiger charge is -2.21. The first-order valence-electron chi connectivity index (χ1n) is 6.18. The van der Waals surface area contributed by atoms with Crippen LogP contribution in [0.25, 0.3) is 0 Å². The van der Waals surface area contributed by atoms with Crippen molar-refractivity contribution in [3.8, 4) is 0 Å². The molecule has 2 rings (SSSR count). The zero-order valence-electron chi connectivity index (χ0n) is 10.6. The Kier molecular flexibility index (Phi) is 4.44. The minimum atomic E-state index is -1.09. The second-order valence-electron chi connectivity index (χ2n) is 4.81. The molecule has 0 saturated heterocycles. The average molecular weight is 301 g/mol. The Bertz CT molecular complexity index is 514. The molecular formula is C13H14ClFN2O3. The van der Waals surface area contributed by atoms with E-state index in [-0.39, 0.29) is 17.3 Å². The highest BCUT2D eigenvalue weighted by Gasteiger charge is 2.28. The number of amides is 2. The molecule has 1 aliphatic rings. The summed E-state index contributed by atoms with van der Waals surface area (Å²) in [4.78, 5) is 24.0. The van der Waals surface area contributed by atoms with Gasteiger partial charge in [0.05, 0.1) is 0 Å². The van der Waals surface area contributed by atoms with Crippen LogP contribution in [0.2, 0.25) is 5.02 Å². The topological polar surface area (TPSA) is 69.6 Å². The van der Waals surface area contributed by atoms with Crippen LogP contribution in [0, 0.1) is 11.7 Å². The fourth-order valence-corrected chi connectivity index (χ4v) is 2.04. The number of carbonyl (C=O) groups is 2. The monoisotopic (exact) mass is 300 g/mol. The van der Waals surface area contributed by atoms with Crippen molar-refractivity contribution in [1.82, 2.24) is 4.90 Å². The summed E-state index contributed by atoms with van der Waals surface area (Å²) in [7, 11) is 0. The molecule has 2 N–H and O–H groups in total. The van der Waals surface area contributed by atoms with E-state index in [9.17, 15) is 14.0 Å². The van der Waals surface area contributed by atoms with Crippen LogP contribution in [0.4, 0.5) is 14.9 Å². The second kappa shape index (κ2) is 6.09. The van der Waals surface area contributed by atoms with Gasteiger partial charge in [-0.15, -0.1) is 0 Å². The van der Waals surface area contributed by atoms with E-state index in [1.165, 1.54) is 11.0 Å². The number of nitrogens with one attached hydrogen (secondary N) is 1. The van der Waals surface area contributed by atoms with Crippen molar-refractivity contribution in [2.24, 2.45) is 5.92 Å². The number of benzene rings is 1. The normalized spacial score (nSPS) is 13.9. The third-order valence-corrected chi connectivity index (χ3v) is 3.12. The predicted octanol–water partition coefficient (Wildman–Crippen LogP) is 2.81. The van der Waals surface area contributed by atoms with E-state index in [4.69, 9.17) is 16.7 Å². The van der Waals surface area contributed by atoms with Gasteiger partial charge in [0, 0.05) is 17.3 Å². The van der Waals surface area contributed by atoms with Gasteiger partial charge >= 0.3 is 12.0 Å². The zero-order chi connectivity index (χ0) is 14.7. The van der Waals surface area contributed by atoms with E-state index in [0.717, 1.165) is 25.0 Å². The Hall–Kier alpha value is -1.82. The molecule has 5 nitrogen and oxygen atoms in total. The molecule has 0 radical (unpaired) electrons. The van der Waals surface area contributed by atoms with Gasteiger partial charge in [0.1, 0.15) is 12.4 Å². The molecule has 0 bridgehead atoms. The summed E-state index contributed by atoms with van der Waals surface area (Å²) in [5.74, 6) is -1.30. The first kappa shape index (κ1) is 14.6. The van der Waals surface area contributed by atoms with E-state index < -0.39 is 17.8 Å².